The Morgan fingerprint density at radius 3 is 2.86 bits per heavy atom. The minimum absolute atomic E-state index is 0.136. The third-order valence-electron chi connectivity index (χ3n) is 4.87. The highest BCUT2D eigenvalue weighted by Crippen LogP contribution is 2.29. The maximum Gasteiger partial charge on any atom is 0.414 e. The number of carbonyl (C=O) groups is 1. The van der Waals surface area contributed by atoms with Gasteiger partial charge in [0.05, 0.1) is 36.8 Å². The van der Waals surface area contributed by atoms with Crippen molar-refractivity contribution in [3.05, 3.63) is 60.4 Å². The number of cyclic esters (lactones) is 1. The Labute approximate surface area is 166 Å². The summed E-state index contributed by atoms with van der Waals surface area (Å²) in [5, 5.41) is 7.59. The maximum absolute atomic E-state index is 14.8. The van der Waals surface area contributed by atoms with Gasteiger partial charge in [-0.05, 0) is 31.2 Å². The number of carbonyl (C=O) groups excluding carboxylic acids is 1. The molecule has 2 atom stereocenters. The zero-order valence-electron chi connectivity index (χ0n) is 16.0. The summed E-state index contributed by atoms with van der Waals surface area (Å²) in [6.07, 6.45) is 3.83. The molecule has 3 heterocycles. The van der Waals surface area contributed by atoms with Crippen LogP contribution in [0.15, 0.2) is 48.9 Å². The summed E-state index contributed by atoms with van der Waals surface area (Å²) in [5.41, 5.74) is 2.26. The van der Waals surface area contributed by atoms with E-state index in [0.29, 0.717) is 29.9 Å². The van der Waals surface area contributed by atoms with Gasteiger partial charge >= 0.3 is 6.09 Å². The molecule has 1 aromatic carbocycles. The lowest BCUT2D eigenvalue weighted by molar-refractivity contribution is 0.116. The molecule has 1 aliphatic rings. The SMILES string of the molecule is CO[C@H](C)c1ccc(-c2ccc(N3C[C@H](Cn4ccnn4)OC3=O)cc2F)cn1. The highest BCUT2D eigenvalue weighted by atomic mass is 19.1. The fourth-order valence-corrected chi connectivity index (χ4v) is 3.20. The maximum atomic E-state index is 14.8. The summed E-state index contributed by atoms with van der Waals surface area (Å²) in [7, 11) is 1.61. The number of methoxy groups -OCH3 is 1. The van der Waals surface area contributed by atoms with Crippen LogP contribution in [0.3, 0.4) is 0 Å². The van der Waals surface area contributed by atoms with E-state index in [-0.39, 0.29) is 12.2 Å². The van der Waals surface area contributed by atoms with Crippen molar-refractivity contribution in [2.45, 2.75) is 25.7 Å². The largest absolute Gasteiger partial charge is 0.442 e. The Hall–Kier alpha value is -3.33. The summed E-state index contributed by atoms with van der Waals surface area (Å²) in [6, 6.07) is 8.28. The molecule has 8 nitrogen and oxygen atoms in total. The van der Waals surface area contributed by atoms with Gasteiger partial charge in [0.2, 0.25) is 0 Å². The Morgan fingerprint density at radius 1 is 1.34 bits per heavy atom. The van der Waals surface area contributed by atoms with Gasteiger partial charge in [-0.3, -0.25) is 9.88 Å². The van der Waals surface area contributed by atoms with Gasteiger partial charge < -0.3 is 9.47 Å². The van der Waals surface area contributed by atoms with Crippen molar-refractivity contribution in [1.82, 2.24) is 20.0 Å². The van der Waals surface area contributed by atoms with Gasteiger partial charge in [0.1, 0.15) is 11.9 Å². The van der Waals surface area contributed by atoms with Crippen LogP contribution in [0.2, 0.25) is 0 Å². The Bertz CT molecular complexity index is 994. The predicted molar refractivity (Wildman–Crippen MR) is 103 cm³/mol. The van der Waals surface area contributed by atoms with Crippen molar-refractivity contribution in [1.29, 1.82) is 0 Å². The van der Waals surface area contributed by atoms with E-state index < -0.39 is 11.9 Å². The topological polar surface area (TPSA) is 82.4 Å². The van der Waals surface area contributed by atoms with Gasteiger partial charge in [0, 0.05) is 30.6 Å². The molecule has 0 unspecified atom stereocenters. The molecule has 1 fully saturated rings. The molecule has 2 aromatic heterocycles. The molecule has 29 heavy (non-hydrogen) atoms. The van der Waals surface area contributed by atoms with Gasteiger partial charge in [-0.25, -0.2) is 13.9 Å². The molecule has 9 heteroatoms. The molecule has 1 aliphatic heterocycles. The molecule has 1 saturated heterocycles. The molecule has 1 amide bonds. The number of pyridine rings is 1. The Balaban J connectivity index is 1.50. The number of hydrogen-bond acceptors (Lipinski definition) is 6. The number of rotatable bonds is 6. The Morgan fingerprint density at radius 2 is 2.21 bits per heavy atom. The fraction of sp³-hybridized carbons (Fsp3) is 0.300. The van der Waals surface area contributed by atoms with Crippen LogP contribution in [0, 0.1) is 5.82 Å². The quantitative estimate of drug-likeness (QED) is 0.635. The summed E-state index contributed by atoms with van der Waals surface area (Å²) in [5.74, 6) is -0.440. The van der Waals surface area contributed by atoms with Crippen molar-refractivity contribution in [3.8, 4) is 11.1 Å². The van der Waals surface area contributed by atoms with Crippen LogP contribution >= 0.6 is 0 Å². The molecule has 0 bridgehead atoms. The second-order valence-electron chi connectivity index (χ2n) is 6.76. The predicted octanol–water partition coefficient (Wildman–Crippen LogP) is 3.21. The molecule has 0 saturated carbocycles. The number of ether oxygens (including phenoxy) is 2. The number of benzene rings is 1. The molecule has 150 valence electrons. The van der Waals surface area contributed by atoms with E-state index in [1.807, 2.05) is 13.0 Å². The standard InChI is InChI=1S/C20H20FN5O3/c1-13(28-2)19-6-3-14(10-22-19)17-5-4-15(9-18(17)21)26-12-16(29-20(26)27)11-25-8-7-23-24-25/h3-10,13,16H,11-12H2,1-2H3/t13-,16+/m1/s1. The first-order chi connectivity index (χ1) is 14.0. The van der Waals surface area contributed by atoms with E-state index in [4.69, 9.17) is 9.47 Å². The van der Waals surface area contributed by atoms with E-state index in [0.717, 1.165) is 5.69 Å². The van der Waals surface area contributed by atoms with Gasteiger partial charge in [-0.15, -0.1) is 5.10 Å². The van der Waals surface area contributed by atoms with E-state index >= 15 is 0 Å². The summed E-state index contributed by atoms with van der Waals surface area (Å²) in [6.45, 7) is 2.59. The third-order valence-corrected chi connectivity index (χ3v) is 4.87. The van der Waals surface area contributed by atoms with Gasteiger partial charge in [-0.1, -0.05) is 11.3 Å². The van der Waals surface area contributed by atoms with Crippen LogP contribution < -0.4 is 4.90 Å². The van der Waals surface area contributed by atoms with E-state index in [1.54, 1.807) is 48.6 Å². The second kappa shape index (κ2) is 7.96. The van der Waals surface area contributed by atoms with Crippen LogP contribution in [0.5, 0.6) is 0 Å². The van der Waals surface area contributed by atoms with Gasteiger partial charge in [0.25, 0.3) is 0 Å². The van der Waals surface area contributed by atoms with Gasteiger partial charge in [0.15, 0.2) is 0 Å². The summed E-state index contributed by atoms with van der Waals surface area (Å²) in [4.78, 5) is 18.0. The number of aromatic nitrogens is 4. The fourth-order valence-electron chi connectivity index (χ4n) is 3.20. The highest BCUT2D eigenvalue weighted by Gasteiger charge is 2.33. The van der Waals surface area contributed by atoms with Crippen molar-refractivity contribution in [2.24, 2.45) is 0 Å². The molecule has 0 aliphatic carbocycles. The van der Waals surface area contributed by atoms with E-state index in [2.05, 4.69) is 15.3 Å². The molecular weight excluding hydrogens is 377 g/mol. The minimum Gasteiger partial charge on any atom is -0.442 e. The number of halogens is 1. The molecule has 0 N–H and O–H groups in total. The average molecular weight is 397 g/mol. The summed E-state index contributed by atoms with van der Waals surface area (Å²) < 4.78 is 27.0. The average Bonchev–Trinajstić information content (AvgIpc) is 3.37. The molecule has 4 rings (SSSR count). The monoisotopic (exact) mass is 397 g/mol. The van der Waals surface area contributed by atoms with E-state index in [9.17, 15) is 9.18 Å². The highest BCUT2D eigenvalue weighted by molar-refractivity contribution is 5.90. The first kappa shape index (κ1) is 19.0. The number of nitrogens with zero attached hydrogens (tertiary/aromatic N) is 5. The molecule has 0 spiro atoms. The first-order valence-electron chi connectivity index (χ1n) is 9.16. The smallest absolute Gasteiger partial charge is 0.414 e. The lowest BCUT2D eigenvalue weighted by Crippen LogP contribution is -2.26. The zero-order chi connectivity index (χ0) is 20.4. The normalized spacial score (nSPS) is 17.4. The molecule has 3 aromatic rings. The van der Waals surface area contributed by atoms with Crippen LogP contribution in [-0.4, -0.2) is 45.8 Å². The number of amides is 1. The van der Waals surface area contributed by atoms with Crippen molar-refractivity contribution < 1.29 is 18.7 Å². The third kappa shape index (κ3) is 3.95. The lowest BCUT2D eigenvalue weighted by atomic mass is 10.1. The molecular formula is C20H20FN5O3. The van der Waals surface area contributed by atoms with Crippen LogP contribution in [0.25, 0.3) is 11.1 Å². The molecule has 0 radical (unpaired) electrons. The van der Waals surface area contributed by atoms with Crippen LogP contribution in [0.1, 0.15) is 18.7 Å². The minimum atomic E-state index is -0.512. The summed E-state index contributed by atoms with van der Waals surface area (Å²) >= 11 is 0. The van der Waals surface area contributed by atoms with Crippen molar-refractivity contribution in [2.75, 3.05) is 18.6 Å². The zero-order valence-corrected chi connectivity index (χ0v) is 16.0. The van der Waals surface area contributed by atoms with Crippen molar-refractivity contribution in [3.63, 3.8) is 0 Å². The van der Waals surface area contributed by atoms with E-state index in [1.165, 1.54) is 11.0 Å². The number of hydrogen-bond donors (Lipinski definition) is 0. The van der Waals surface area contributed by atoms with Crippen LogP contribution in [-0.2, 0) is 16.0 Å². The Kier molecular flexibility index (Phi) is 5.22. The van der Waals surface area contributed by atoms with Gasteiger partial charge in [-0.2, -0.15) is 0 Å². The lowest BCUT2D eigenvalue weighted by Gasteiger charge is -2.15. The van der Waals surface area contributed by atoms with Crippen molar-refractivity contribution >= 4 is 11.8 Å². The first-order valence-corrected chi connectivity index (χ1v) is 9.16. The second-order valence-corrected chi connectivity index (χ2v) is 6.76. The van der Waals surface area contributed by atoms with Crippen LogP contribution in [0.4, 0.5) is 14.9 Å². The number of anilines is 1.